The Balaban J connectivity index is 2.14. The topological polar surface area (TPSA) is 55.0 Å². The van der Waals surface area contributed by atoms with Crippen molar-refractivity contribution in [1.82, 2.24) is 0 Å². The van der Waals surface area contributed by atoms with Gasteiger partial charge >= 0.3 is 5.97 Å². The molecule has 0 radical (unpaired) electrons. The third-order valence-corrected chi connectivity index (χ3v) is 5.15. The Morgan fingerprint density at radius 1 is 1.03 bits per heavy atom. The van der Waals surface area contributed by atoms with E-state index in [1.807, 2.05) is 74.4 Å². The summed E-state index contributed by atoms with van der Waals surface area (Å²) in [6.45, 7) is 2.70. The molecule has 1 aliphatic heterocycles. The van der Waals surface area contributed by atoms with E-state index in [0.717, 1.165) is 44.5 Å². The molecule has 1 aliphatic carbocycles. The first-order valence-electron chi connectivity index (χ1n) is 9.89. The van der Waals surface area contributed by atoms with Crippen molar-refractivity contribution in [3.63, 3.8) is 0 Å². The van der Waals surface area contributed by atoms with E-state index in [-0.39, 0.29) is 5.97 Å². The van der Waals surface area contributed by atoms with E-state index in [0.29, 0.717) is 12.1 Å². The SMILES string of the molecule is CCN=c1ccc2c(-c3ccccc3C(=O)OC)c3ccc(N(C)C)cc3oc-2c1. The highest BCUT2D eigenvalue weighted by Crippen LogP contribution is 2.41. The molecule has 5 nitrogen and oxygen atoms in total. The number of rotatable bonds is 4. The minimum absolute atomic E-state index is 0.366. The Bertz CT molecular complexity index is 1270. The van der Waals surface area contributed by atoms with Crippen molar-refractivity contribution < 1.29 is 13.9 Å². The van der Waals surface area contributed by atoms with Gasteiger partial charge in [0.25, 0.3) is 0 Å². The Kier molecular flexibility index (Phi) is 5.27. The van der Waals surface area contributed by atoms with Gasteiger partial charge in [0, 0.05) is 55.0 Å². The second kappa shape index (κ2) is 8.03. The fraction of sp³-hybridized carbons (Fsp3) is 0.200. The van der Waals surface area contributed by atoms with Gasteiger partial charge in [0.1, 0.15) is 11.3 Å². The molecule has 0 bridgehead atoms. The molecule has 0 atom stereocenters. The minimum atomic E-state index is -0.366. The van der Waals surface area contributed by atoms with Crippen LogP contribution in [0.15, 0.2) is 70.1 Å². The quantitative estimate of drug-likeness (QED) is 0.358. The van der Waals surface area contributed by atoms with E-state index in [2.05, 4.69) is 11.1 Å². The zero-order valence-corrected chi connectivity index (χ0v) is 17.6. The summed E-state index contributed by atoms with van der Waals surface area (Å²) in [5, 5.41) is 1.80. The maximum absolute atomic E-state index is 12.5. The number of benzene rings is 3. The maximum atomic E-state index is 12.5. The van der Waals surface area contributed by atoms with Crippen molar-refractivity contribution in [3.05, 3.63) is 71.6 Å². The Morgan fingerprint density at radius 3 is 2.57 bits per heavy atom. The zero-order valence-electron chi connectivity index (χ0n) is 17.6. The van der Waals surface area contributed by atoms with E-state index >= 15 is 0 Å². The number of fused-ring (bicyclic) bond motifs is 2. The Labute approximate surface area is 175 Å². The maximum Gasteiger partial charge on any atom is 0.338 e. The molecule has 2 aliphatic rings. The standard InChI is InChI=1S/C25H24N2O3/c1-5-26-16-10-12-20-22(14-16)30-23-15-17(27(2)3)11-13-21(23)24(20)18-8-6-7-9-19(18)25(28)29-4/h6-15H,5H2,1-4H3. The molecule has 152 valence electrons. The van der Waals surface area contributed by atoms with Gasteiger partial charge in [-0.2, -0.15) is 0 Å². The first-order chi connectivity index (χ1) is 14.5. The molecule has 0 saturated carbocycles. The molecule has 0 fully saturated rings. The van der Waals surface area contributed by atoms with E-state index in [4.69, 9.17) is 9.15 Å². The van der Waals surface area contributed by atoms with E-state index in [1.165, 1.54) is 7.11 Å². The van der Waals surface area contributed by atoms with Crippen LogP contribution in [0.3, 0.4) is 0 Å². The van der Waals surface area contributed by atoms with Crippen LogP contribution in [0.25, 0.3) is 33.4 Å². The van der Waals surface area contributed by atoms with Gasteiger partial charge in [-0.25, -0.2) is 4.79 Å². The molecule has 4 rings (SSSR count). The molecule has 0 saturated heterocycles. The minimum Gasteiger partial charge on any atom is -0.465 e. The normalized spacial score (nSPS) is 11.8. The van der Waals surface area contributed by atoms with Gasteiger partial charge in [-0.1, -0.05) is 18.2 Å². The average molecular weight is 400 g/mol. The fourth-order valence-electron chi connectivity index (χ4n) is 3.71. The predicted molar refractivity (Wildman–Crippen MR) is 120 cm³/mol. The predicted octanol–water partition coefficient (Wildman–Crippen LogP) is 4.98. The van der Waals surface area contributed by atoms with Gasteiger partial charge in [0.05, 0.1) is 18.0 Å². The summed E-state index contributed by atoms with van der Waals surface area (Å²) in [7, 11) is 5.39. The number of methoxy groups -OCH3 is 1. The first kappa shape index (κ1) is 19.7. The lowest BCUT2D eigenvalue weighted by Crippen LogP contribution is -2.09. The fourth-order valence-corrected chi connectivity index (χ4v) is 3.71. The van der Waals surface area contributed by atoms with Gasteiger partial charge < -0.3 is 14.1 Å². The number of nitrogens with zero attached hydrogens (tertiary/aromatic N) is 2. The number of ether oxygens (including phenoxy) is 1. The molecule has 30 heavy (non-hydrogen) atoms. The van der Waals surface area contributed by atoms with Gasteiger partial charge in [-0.05, 0) is 42.8 Å². The van der Waals surface area contributed by atoms with Crippen molar-refractivity contribution in [3.8, 4) is 22.5 Å². The van der Waals surface area contributed by atoms with E-state index in [1.54, 1.807) is 6.07 Å². The molecule has 0 N–H and O–H groups in total. The zero-order chi connectivity index (χ0) is 21.3. The molecular formula is C25H24N2O3. The second-order valence-corrected chi connectivity index (χ2v) is 7.24. The van der Waals surface area contributed by atoms with Crippen LogP contribution in [-0.2, 0) is 4.74 Å². The number of hydrogen-bond acceptors (Lipinski definition) is 5. The van der Waals surface area contributed by atoms with Crippen molar-refractivity contribution >= 4 is 22.6 Å². The summed E-state index contributed by atoms with van der Waals surface area (Å²) >= 11 is 0. The molecule has 0 spiro atoms. The molecule has 2 aromatic rings. The number of anilines is 1. The summed E-state index contributed by atoms with van der Waals surface area (Å²) in [6.07, 6.45) is 0. The Hall–Kier alpha value is -3.60. The average Bonchev–Trinajstić information content (AvgIpc) is 2.76. The van der Waals surface area contributed by atoms with Crippen LogP contribution in [0, 0.1) is 0 Å². The first-order valence-corrected chi connectivity index (χ1v) is 9.89. The van der Waals surface area contributed by atoms with E-state index < -0.39 is 0 Å². The monoisotopic (exact) mass is 400 g/mol. The molecule has 0 amide bonds. The smallest absolute Gasteiger partial charge is 0.338 e. The van der Waals surface area contributed by atoms with Crippen LogP contribution in [0.5, 0.6) is 0 Å². The van der Waals surface area contributed by atoms with Gasteiger partial charge in [-0.3, -0.25) is 4.99 Å². The summed E-state index contributed by atoms with van der Waals surface area (Å²) < 4.78 is 11.4. The van der Waals surface area contributed by atoms with Crippen LogP contribution in [0.2, 0.25) is 0 Å². The molecule has 0 unspecified atom stereocenters. The van der Waals surface area contributed by atoms with Crippen molar-refractivity contribution in [2.45, 2.75) is 6.92 Å². The van der Waals surface area contributed by atoms with Gasteiger partial charge in [0.15, 0.2) is 0 Å². The van der Waals surface area contributed by atoms with Crippen LogP contribution in [0.4, 0.5) is 5.69 Å². The van der Waals surface area contributed by atoms with Crippen LogP contribution in [-0.4, -0.2) is 33.7 Å². The number of carbonyl (C=O) groups is 1. The number of carbonyl (C=O) groups excluding carboxylic acids is 1. The second-order valence-electron chi connectivity index (χ2n) is 7.24. The molecule has 0 aromatic heterocycles. The highest BCUT2D eigenvalue weighted by molar-refractivity contribution is 6.08. The van der Waals surface area contributed by atoms with Gasteiger partial charge in [0.2, 0.25) is 0 Å². The lowest BCUT2D eigenvalue weighted by molar-refractivity contribution is 0.0601. The highest BCUT2D eigenvalue weighted by Gasteiger charge is 2.21. The summed E-state index contributed by atoms with van der Waals surface area (Å²) in [4.78, 5) is 19.0. The molecule has 5 heteroatoms. The van der Waals surface area contributed by atoms with Gasteiger partial charge in [-0.15, -0.1) is 0 Å². The highest BCUT2D eigenvalue weighted by atomic mass is 16.5. The van der Waals surface area contributed by atoms with Crippen LogP contribution in [0.1, 0.15) is 17.3 Å². The molecular weight excluding hydrogens is 376 g/mol. The Morgan fingerprint density at radius 2 is 1.83 bits per heavy atom. The van der Waals surface area contributed by atoms with E-state index in [9.17, 15) is 4.79 Å². The molecule has 1 heterocycles. The molecule has 2 aromatic carbocycles. The summed E-state index contributed by atoms with van der Waals surface area (Å²) in [6, 6.07) is 19.6. The number of hydrogen-bond donors (Lipinski definition) is 0. The third kappa shape index (κ3) is 3.43. The number of esters is 1. The van der Waals surface area contributed by atoms with Crippen LogP contribution < -0.4 is 10.3 Å². The summed E-state index contributed by atoms with van der Waals surface area (Å²) in [5.74, 6) is 0.359. The van der Waals surface area contributed by atoms with Crippen molar-refractivity contribution in [1.29, 1.82) is 0 Å². The third-order valence-electron chi connectivity index (χ3n) is 5.15. The summed E-state index contributed by atoms with van der Waals surface area (Å²) in [5.41, 5.74) is 4.98. The van der Waals surface area contributed by atoms with Crippen molar-refractivity contribution in [2.75, 3.05) is 32.6 Å². The van der Waals surface area contributed by atoms with Crippen molar-refractivity contribution in [2.24, 2.45) is 4.99 Å². The lowest BCUT2D eigenvalue weighted by Gasteiger charge is -2.19. The largest absolute Gasteiger partial charge is 0.465 e. The van der Waals surface area contributed by atoms with Crippen LogP contribution >= 0.6 is 0 Å². The lowest BCUT2D eigenvalue weighted by atomic mass is 9.90.